The molecular weight excluding hydrogens is 217 g/mol. The molecule has 0 radical (unpaired) electrons. The number of halogens is 3. The maximum atomic E-state index is 11.5. The second kappa shape index (κ2) is 5.28. The van der Waals surface area contributed by atoms with Gasteiger partial charge in [-0.15, -0.1) is 13.2 Å². The molecular formula is C7H9F3N2OS. The molecule has 0 aliphatic carbocycles. The van der Waals surface area contributed by atoms with Crippen molar-refractivity contribution in [3.63, 3.8) is 0 Å². The number of hydrogen-bond donors (Lipinski definition) is 1. The lowest BCUT2D eigenvalue weighted by molar-refractivity contribution is -0.323. The van der Waals surface area contributed by atoms with Crippen LogP contribution in [0.5, 0.6) is 0 Å². The molecule has 0 saturated carbocycles. The Balaban J connectivity index is 2.00. The zero-order valence-electron chi connectivity index (χ0n) is 7.17. The Morgan fingerprint density at radius 3 is 2.86 bits per heavy atom. The molecule has 0 atom stereocenters. The summed E-state index contributed by atoms with van der Waals surface area (Å²) < 4.78 is 41.9. The zero-order valence-corrected chi connectivity index (χ0v) is 7.99. The molecule has 0 aromatic carbocycles. The van der Waals surface area contributed by atoms with Crippen LogP contribution in [-0.2, 0) is 11.3 Å². The maximum absolute atomic E-state index is 11.5. The summed E-state index contributed by atoms with van der Waals surface area (Å²) in [5, 5.41) is 2.81. The molecule has 0 saturated heterocycles. The minimum atomic E-state index is -4.54. The molecule has 7 heteroatoms. The second-order valence-electron chi connectivity index (χ2n) is 2.45. The quantitative estimate of drug-likeness (QED) is 0.777. The van der Waals surface area contributed by atoms with E-state index >= 15 is 0 Å². The third-order valence-corrected chi connectivity index (χ3v) is 2.08. The summed E-state index contributed by atoms with van der Waals surface area (Å²) in [5.41, 5.74) is 0. The van der Waals surface area contributed by atoms with Gasteiger partial charge in [0.15, 0.2) is 0 Å². The van der Waals surface area contributed by atoms with E-state index in [-0.39, 0.29) is 13.2 Å². The Morgan fingerprint density at radius 2 is 2.29 bits per heavy atom. The molecule has 1 rings (SSSR count). The van der Waals surface area contributed by atoms with Gasteiger partial charge in [-0.3, -0.25) is 4.74 Å². The van der Waals surface area contributed by atoms with Gasteiger partial charge in [-0.2, -0.15) is 0 Å². The fraction of sp³-hybridized carbons (Fsp3) is 0.571. The predicted octanol–water partition coefficient (Wildman–Crippen LogP) is 1.77. The van der Waals surface area contributed by atoms with Crippen molar-refractivity contribution in [2.24, 2.45) is 0 Å². The summed E-state index contributed by atoms with van der Waals surface area (Å²) in [6, 6.07) is 1.81. The first-order valence-corrected chi connectivity index (χ1v) is 4.66. The maximum Gasteiger partial charge on any atom is 0.522 e. The number of nitrogens with one attached hydrogen (secondary N) is 1. The number of nitrogens with zero attached hydrogens (tertiary/aromatic N) is 1. The zero-order chi connectivity index (χ0) is 10.4. The topological polar surface area (TPSA) is 34.1 Å². The van der Waals surface area contributed by atoms with E-state index in [4.69, 9.17) is 0 Å². The molecule has 1 heterocycles. The molecule has 80 valence electrons. The molecule has 14 heavy (non-hydrogen) atoms. The van der Waals surface area contributed by atoms with Crippen LogP contribution in [0.2, 0.25) is 0 Å². The van der Waals surface area contributed by atoms with Crippen molar-refractivity contribution in [1.29, 1.82) is 0 Å². The van der Waals surface area contributed by atoms with Crippen LogP contribution in [0.25, 0.3) is 0 Å². The number of aromatic nitrogens is 1. The predicted molar refractivity (Wildman–Crippen MR) is 45.8 cm³/mol. The summed E-state index contributed by atoms with van der Waals surface area (Å²) in [7, 11) is 0. The van der Waals surface area contributed by atoms with Crippen molar-refractivity contribution < 1.29 is 17.9 Å². The van der Waals surface area contributed by atoms with Crippen LogP contribution in [0.3, 0.4) is 0 Å². The van der Waals surface area contributed by atoms with Crippen molar-refractivity contribution in [3.05, 3.63) is 17.1 Å². The Kier molecular flexibility index (Phi) is 4.30. The van der Waals surface area contributed by atoms with Crippen LogP contribution < -0.4 is 5.32 Å². The molecule has 3 nitrogen and oxygen atoms in total. The highest BCUT2D eigenvalue weighted by Gasteiger charge is 2.28. The van der Waals surface area contributed by atoms with Crippen LogP contribution in [0.15, 0.2) is 12.3 Å². The number of hydrogen-bond acceptors (Lipinski definition) is 4. The highest BCUT2D eigenvalue weighted by Crippen LogP contribution is 2.15. The third-order valence-electron chi connectivity index (χ3n) is 1.34. The summed E-state index contributed by atoms with van der Waals surface area (Å²) in [6.07, 6.45) is -2.89. The molecule has 0 aliphatic rings. The Hall–Kier alpha value is -0.660. The second-order valence-corrected chi connectivity index (χ2v) is 3.37. The Labute approximate surface area is 83.1 Å². The number of rotatable bonds is 5. The molecule has 0 fully saturated rings. The van der Waals surface area contributed by atoms with Gasteiger partial charge in [-0.25, -0.2) is 4.37 Å². The summed E-state index contributed by atoms with van der Waals surface area (Å²) in [6.45, 7) is 0.311. The fourth-order valence-corrected chi connectivity index (χ4v) is 1.33. The molecule has 0 amide bonds. The van der Waals surface area contributed by atoms with E-state index < -0.39 is 6.36 Å². The Bertz CT molecular complexity index is 250. The lowest BCUT2D eigenvalue weighted by Gasteiger charge is -2.07. The van der Waals surface area contributed by atoms with Gasteiger partial charge in [0, 0.05) is 24.2 Å². The summed E-state index contributed by atoms with van der Waals surface area (Å²) in [5.74, 6) is 0. The van der Waals surface area contributed by atoms with E-state index in [1.807, 2.05) is 6.07 Å². The van der Waals surface area contributed by atoms with E-state index in [9.17, 15) is 13.2 Å². The SMILES string of the molecule is FC(F)(F)OCCNCc1ccns1. The van der Waals surface area contributed by atoms with Gasteiger partial charge >= 0.3 is 6.36 Å². The normalized spacial score (nSPS) is 11.9. The molecule has 0 aliphatic heterocycles. The molecule has 1 aromatic heterocycles. The van der Waals surface area contributed by atoms with Gasteiger partial charge in [-0.1, -0.05) is 0 Å². The van der Waals surface area contributed by atoms with Gasteiger partial charge in [-0.05, 0) is 17.6 Å². The average Bonchev–Trinajstić information content (AvgIpc) is 2.54. The average molecular weight is 226 g/mol. The highest BCUT2D eigenvalue weighted by molar-refractivity contribution is 7.05. The monoisotopic (exact) mass is 226 g/mol. The van der Waals surface area contributed by atoms with Gasteiger partial charge < -0.3 is 5.32 Å². The van der Waals surface area contributed by atoms with E-state index in [0.29, 0.717) is 6.54 Å². The van der Waals surface area contributed by atoms with Crippen LogP contribution in [0, 0.1) is 0 Å². The minimum Gasteiger partial charge on any atom is -0.310 e. The highest BCUT2D eigenvalue weighted by atomic mass is 32.1. The van der Waals surface area contributed by atoms with Gasteiger partial charge in [0.05, 0.1) is 6.61 Å². The standard InChI is InChI=1S/C7H9F3N2OS/c8-7(9,10)13-4-3-11-5-6-1-2-12-14-6/h1-2,11H,3-5H2. The van der Waals surface area contributed by atoms with Crippen LogP contribution in [0.4, 0.5) is 13.2 Å². The summed E-state index contributed by atoms with van der Waals surface area (Å²) >= 11 is 1.31. The van der Waals surface area contributed by atoms with E-state index in [2.05, 4.69) is 14.4 Å². The van der Waals surface area contributed by atoms with E-state index in [1.54, 1.807) is 6.20 Å². The van der Waals surface area contributed by atoms with E-state index in [0.717, 1.165) is 4.88 Å². The molecule has 0 spiro atoms. The van der Waals surface area contributed by atoms with Crippen LogP contribution in [-0.4, -0.2) is 23.9 Å². The third kappa shape index (κ3) is 5.15. The lowest BCUT2D eigenvalue weighted by atomic mass is 10.5. The van der Waals surface area contributed by atoms with Crippen LogP contribution in [0.1, 0.15) is 4.88 Å². The molecule has 1 aromatic rings. The lowest BCUT2D eigenvalue weighted by Crippen LogP contribution is -2.23. The van der Waals surface area contributed by atoms with Crippen LogP contribution >= 0.6 is 11.5 Å². The molecule has 0 bridgehead atoms. The first kappa shape index (κ1) is 11.4. The van der Waals surface area contributed by atoms with E-state index in [1.165, 1.54) is 11.5 Å². The molecule has 0 unspecified atom stereocenters. The van der Waals surface area contributed by atoms with Gasteiger partial charge in [0.2, 0.25) is 0 Å². The van der Waals surface area contributed by atoms with Crippen molar-refractivity contribution in [3.8, 4) is 0 Å². The summed E-state index contributed by atoms with van der Waals surface area (Å²) in [4.78, 5) is 0.983. The first-order valence-electron chi connectivity index (χ1n) is 3.89. The van der Waals surface area contributed by atoms with Gasteiger partial charge in [0.1, 0.15) is 0 Å². The van der Waals surface area contributed by atoms with Gasteiger partial charge in [0.25, 0.3) is 0 Å². The van der Waals surface area contributed by atoms with Crippen molar-refractivity contribution in [2.75, 3.05) is 13.2 Å². The molecule has 1 N–H and O–H groups in total. The van der Waals surface area contributed by atoms with Crippen molar-refractivity contribution in [1.82, 2.24) is 9.69 Å². The van der Waals surface area contributed by atoms with Crippen molar-refractivity contribution in [2.45, 2.75) is 12.9 Å². The number of ether oxygens (including phenoxy) is 1. The smallest absolute Gasteiger partial charge is 0.310 e. The minimum absolute atomic E-state index is 0.164. The fourth-order valence-electron chi connectivity index (χ4n) is 0.784. The largest absolute Gasteiger partial charge is 0.522 e. The number of alkyl halides is 3. The first-order chi connectivity index (χ1) is 6.58. The van der Waals surface area contributed by atoms with Crippen molar-refractivity contribution >= 4 is 11.5 Å². The Morgan fingerprint density at radius 1 is 1.50 bits per heavy atom.